The summed E-state index contributed by atoms with van der Waals surface area (Å²) >= 11 is 0. The zero-order valence-corrected chi connectivity index (χ0v) is 12.0. The first-order chi connectivity index (χ1) is 9.78. The Labute approximate surface area is 119 Å². The van der Waals surface area contributed by atoms with Gasteiger partial charge in [-0.1, -0.05) is 25.8 Å². The predicted molar refractivity (Wildman–Crippen MR) is 81.9 cm³/mol. The number of hydrogen-bond acceptors (Lipinski definition) is 2. The van der Waals surface area contributed by atoms with Crippen molar-refractivity contribution in [2.45, 2.75) is 45.1 Å². The molecule has 4 nitrogen and oxygen atoms in total. The summed E-state index contributed by atoms with van der Waals surface area (Å²) in [5.74, 6) is 0.727. The maximum atomic E-state index is 11.4. The van der Waals surface area contributed by atoms with Crippen LogP contribution >= 0.6 is 0 Å². The van der Waals surface area contributed by atoms with E-state index in [0.29, 0.717) is 6.04 Å². The average Bonchev–Trinajstić information content (AvgIpc) is 3.07. The number of imidazole rings is 1. The van der Waals surface area contributed by atoms with Crippen molar-refractivity contribution >= 4 is 11.0 Å². The van der Waals surface area contributed by atoms with Gasteiger partial charge in [0.1, 0.15) is 0 Å². The summed E-state index contributed by atoms with van der Waals surface area (Å²) in [7, 11) is 0. The topological polar surface area (TPSA) is 60.7 Å². The molecule has 1 aliphatic carbocycles. The summed E-state index contributed by atoms with van der Waals surface area (Å²) in [5.41, 5.74) is 2.97. The van der Waals surface area contributed by atoms with Gasteiger partial charge in [-0.25, -0.2) is 4.79 Å². The van der Waals surface area contributed by atoms with Gasteiger partial charge >= 0.3 is 5.69 Å². The van der Waals surface area contributed by atoms with Gasteiger partial charge in [-0.2, -0.15) is 0 Å². The van der Waals surface area contributed by atoms with E-state index in [1.807, 2.05) is 6.07 Å². The first-order valence-electron chi connectivity index (χ1n) is 7.73. The normalized spacial score (nSPS) is 17.9. The average molecular weight is 273 g/mol. The van der Waals surface area contributed by atoms with Gasteiger partial charge in [0.25, 0.3) is 0 Å². The molecule has 1 aromatic carbocycles. The standard InChI is InChI=1S/C16H23N3O/c1-2-9-17-15(11-5-3-4-6-11)12-7-8-13-14(10-12)19-16(20)18-13/h7-8,10-11,15,17H,2-6,9H2,1H3,(H2,18,19,20). The molecular weight excluding hydrogens is 250 g/mol. The third-order valence-electron chi connectivity index (χ3n) is 4.38. The van der Waals surface area contributed by atoms with Crippen LogP contribution in [0.3, 0.4) is 0 Å². The molecular formula is C16H23N3O. The Hall–Kier alpha value is -1.55. The van der Waals surface area contributed by atoms with E-state index >= 15 is 0 Å². The summed E-state index contributed by atoms with van der Waals surface area (Å²) < 4.78 is 0. The molecule has 1 fully saturated rings. The maximum absolute atomic E-state index is 11.4. The number of fused-ring (bicyclic) bond motifs is 1. The van der Waals surface area contributed by atoms with E-state index in [0.717, 1.165) is 29.9 Å². The molecule has 1 atom stereocenters. The fourth-order valence-corrected chi connectivity index (χ4v) is 3.39. The maximum Gasteiger partial charge on any atom is 0.323 e. The van der Waals surface area contributed by atoms with Gasteiger partial charge in [0, 0.05) is 6.04 Å². The van der Waals surface area contributed by atoms with Crippen LogP contribution in [0.25, 0.3) is 11.0 Å². The Morgan fingerprint density at radius 2 is 2.00 bits per heavy atom. The zero-order chi connectivity index (χ0) is 13.9. The zero-order valence-electron chi connectivity index (χ0n) is 12.0. The summed E-state index contributed by atoms with van der Waals surface area (Å²) in [5, 5.41) is 3.70. The number of aromatic amines is 2. The molecule has 20 heavy (non-hydrogen) atoms. The van der Waals surface area contributed by atoms with E-state index in [2.05, 4.69) is 34.3 Å². The minimum Gasteiger partial charge on any atom is -0.310 e. The Kier molecular flexibility index (Phi) is 3.92. The molecule has 108 valence electrons. The minimum absolute atomic E-state index is 0.129. The fraction of sp³-hybridized carbons (Fsp3) is 0.562. The number of aromatic nitrogens is 2. The van der Waals surface area contributed by atoms with E-state index in [9.17, 15) is 4.79 Å². The Morgan fingerprint density at radius 3 is 2.75 bits per heavy atom. The summed E-state index contributed by atoms with van der Waals surface area (Å²) in [6.07, 6.45) is 6.45. The monoisotopic (exact) mass is 273 g/mol. The fourth-order valence-electron chi connectivity index (χ4n) is 3.39. The number of hydrogen-bond donors (Lipinski definition) is 3. The molecule has 1 aliphatic rings. The molecule has 1 aromatic heterocycles. The van der Waals surface area contributed by atoms with Crippen molar-refractivity contribution in [3.63, 3.8) is 0 Å². The van der Waals surface area contributed by atoms with Crippen LogP contribution < -0.4 is 11.0 Å². The molecule has 1 saturated carbocycles. The highest BCUT2D eigenvalue weighted by atomic mass is 16.1. The van der Waals surface area contributed by atoms with E-state index < -0.39 is 0 Å². The van der Waals surface area contributed by atoms with Crippen molar-refractivity contribution in [2.75, 3.05) is 6.54 Å². The van der Waals surface area contributed by atoms with E-state index in [4.69, 9.17) is 0 Å². The van der Waals surface area contributed by atoms with Crippen LogP contribution in [-0.4, -0.2) is 16.5 Å². The highest BCUT2D eigenvalue weighted by Crippen LogP contribution is 2.36. The lowest BCUT2D eigenvalue weighted by Crippen LogP contribution is -2.27. The van der Waals surface area contributed by atoms with Crippen LogP contribution in [0.2, 0.25) is 0 Å². The molecule has 3 N–H and O–H groups in total. The van der Waals surface area contributed by atoms with Gasteiger partial charge in [0.15, 0.2) is 0 Å². The first-order valence-corrected chi connectivity index (χ1v) is 7.73. The van der Waals surface area contributed by atoms with Gasteiger partial charge < -0.3 is 15.3 Å². The first kappa shape index (κ1) is 13.4. The Bertz CT molecular complexity index is 622. The van der Waals surface area contributed by atoms with Crippen molar-refractivity contribution in [3.8, 4) is 0 Å². The van der Waals surface area contributed by atoms with Crippen LogP contribution in [0.15, 0.2) is 23.0 Å². The lowest BCUT2D eigenvalue weighted by atomic mass is 9.91. The second kappa shape index (κ2) is 5.83. The van der Waals surface area contributed by atoms with Crippen molar-refractivity contribution in [2.24, 2.45) is 5.92 Å². The molecule has 1 heterocycles. The molecule has 0 spiro atoms. The van der Waals surface area contributed by atoms with Crippen LogP contribution in [0.1, 0.15) is 50.6 Å². The summed E-state index contributed by atoms with van der Waals surface area (Å²) in [6.45, 7) is 3.24. The largest absolute Gasteiger partial charge is 0.323 e. The molecule has 4 heteroatoms. The molecule has 2 aromatic rings. The molecule has 3 rings (SSSR count). The van der Waals surface area contributed by atoms with Gasteiger partial charge in [0.2, 0.25) is 0 Å². The number of H-pyrrole nitrogens is 2. The van der Waals surface area contributed by atoms with Gasteiger partial charge in [0.05, 0.1) is 11.0 Å². The predicted octanol–water partition coefficient (Wildman–Crippen LogP) is 3.09. The van der Waals surface area contributed by atoms with Crippen LogP contribution in [0, 0.1) is 5.92 Å². The quantitative estimate of drug-likeness (QED) is 0.784. The lowest BCUT2D eigenvalue weighted by Gasteiger charge is -2.25. The van der Waals surface area contributed by atoms with E-state index in [1.165, 1.54) is 31.2 Å². The Balaban J connectivity index is 1.91. The van der Waals surface area contributed by atoms with Crippen molar-refractivity contribution in [1.29, 1.82) is 0 Å². The second-order valence-corrected chi connectivity index (χ2v) is 5.86. The van der Waals surface area contributed by atoms with Gasteiger partial charge in [-0.3, -0.25) is 0 Å². The third-order valence-corrected chi connectivity index (χ3v) is 4.38. The van der Waals surface area contributed by atoms with E-state index in [-0.39, 0.29) is 5.69 Å². The molecule has 0 saturated heterocycles. The number of benzene rings is 1. The molecule has 0 bridgehead atoms. The molecule has 0 aliphatic heterocycles. The Morgan fingerprint density at radius 1 is 1.25 bits per heavy atom. The number of rotatable bonds is 5. The van der Waals surface area contributed by atoms with Crippen molar-refractivity contribution in [3.05, 3.63) is 34.2 Å². The van der Waals surface area contributed by atoms with Gasteiger partial charge in [-0.15, -0.1) is 0 Å². The summed E-state index contributed by atoms with van der Waals surface area (Å²) in [6, 6.07) is 6.70. The minimum atomic E-state index is -0.129. The second-order valence-electron chi connectivity index (χ2n) is 5.86. The highest BCUT2D eigenvalue weighted by molar-refractivity contribution is 5.75. The van der Waals surface area contributed by atoms with Crippen LogP contribution in [-0.2, 0) is 0 Å². The van der Waals surface area contributed by atoms with Crippen molar-refractivity contribution < 1.29 is 0 Å². The lowest BCUT2D eigenvalue weighted by molar-refractivity contribution is 0.368. The molecule has 0 amide bonds. The van der Waals surface area contributed by atoms with Crippen molar-refractivity contribution in [1.82, 2.24) is 15.3 Å². The van der Waals surface area contributed by atoms with E-state index in [1.54, 1.807) is 0 Å². The number of nitrogens with one attached hydrogen (secondary N) is 3. The smallest absolute Gasteiger partial charge is 0.310 e. The third kappa shape index (κ3) is 2.66. The summed E-state index contributed by atoms with van der Waals surface area (Å²) in [4.78, 5) is 17.0. The molecule has 0 radical (unpaired) electrons. The van der Waals surface area contributed by atoms with Gasteiger partial charge in [-0.05, 0) is 49.4 Å². The highest BCUT2D eigenvalue weighted by Gasteiger charge is 2.26. The van der Waals surface area contributed by atoms with Crippen LogP contribution in [0.4, 0.5) is 0 Å². The van der Waals surface area contributed by atoms with Crippen LogP contribution in [0.5, 0.6) is 0 Å². The SMILES string of the molecule is CCCNC(c1ccc2[nH]c(=O)[nH]c2c1)C1CCCC1. The molecule has 1 unspecified atom stereocenters.